The van der Waals surface area contributed by atoms with E-state index in [0.29, 0.717) is 5.56 Å². The first-order valence-electron chi connectivity index (χ1n) is 3.41. The van der Waals surface area contributed by atoms with Gasteiger partial charge in [-0.15, -0.1) is 0 Å². The monoisotopic (exact) mass is 189 g/mol. The highest BCUT2D eigenvalue weighted by Crippen LogP contribution is 2.20. The Kier molecular flexibility index (Phi) is 3.03. The number of nitrogens with two attached hydrogens (primary N) is 1. The quantitative estimate of drug-likeness (QED) is 0.724. The molecule has 12 heavy (non-hydrogen) atoms. The van der Waals surface area contributed by atoms with E-state index < -0.39 is 5.82 Å². The molecule has 66 valence electrons. The molecule has 0 saturated heterocycles. The van der Waals surface area contributed by atoms with Crippen LogP contribution >= 0.6 is 11.6 Å². The summed E-state index contributed by atoms with van der Waals surface area (Å²) >= 11 is 5.58. The van der Waals surface area contributed by atoms with Crippen LogP contribution in [0.5, 0.6) is 0 Å². The summed E-state index contributed by atoms with van der Waals surface area (Å²) in [6.45, 7) is 1.88. The molecule has 0 aromatic heterocycles. The van der Waals surface area contributed by atoms with Crippen LogP contribution in [-0.2, 0) is 11.4 Å². The van der Waals surface area contributed by atoms with E-state index in [1.807, 2.05) is 0 Å². The Balaban J connectivity index is 3.04. The zero-order valence-corrected chi connectivity index (χ0v) is 7.36. The first-order chi connectivity index (χ1) is 5.65. The number of benzene rings is 1. The standard InChI is InChI=1S/C8H9ClFNO/c1-5-2-6(4-12-11)3-7(9)8(5)10/h2-3H,4,11H2,1H3. The second kappa shape index (κ2) is 3.85. The zero-order valence-electron chi connectivity index (χ0n) is 6.60. The lowest BCUT2D eigenvalue weighted by Crippen LogP contribution is -1.99. The molecule has 1 aromatic rings. The van der Waals surface area contributed by atoms with Crippen LogP contribution in [0.2, 0.25) is 5.02 Å². The van der Waals surface area contributed by atoms with Gasteiger partial charge >= 0.3 is 0 Å². The van der Waals surface area contributed by atoms with E-state index in [-0.39, 0.29) is 11.6 Å². The van der Waals surface area contributed by atoms with Gasteiger partial charge in [-0.2, -0.15) is 0 Å². The van der Waals surface area contributed by atoms with Gasteiger partial charge in [-0.3, -0.25) is 4.84 Å². The van der Waals surface area contributed by atoms with Crippen LogP contribution in [0, 0.1) is 12.7 Å². The Bertz CT molecular complexity index is 267. The predicted molar refractivity (Wildman–Crippen MR) is 45.1 cm³/mol. The van der Waals surface area contributed by atoms with Gasteiger partial charge in [0.1, 0.15) is 5.82 Å². The fourth-order valence-electron chi connectivity index (χ4n) is 0.977. The average Bonchev–Trinajstić information content (AvgIpc) is 2.01. The lowest BCUT2D eigenvalue weighted by atomic mass is 10.1. The average molecular weight is 190 g/mol. The van der Waals surface area contributed by atoms with Gasteiger partial charge in [0.2, 0.25) is 0 Å². The molecular weight excluding hydrogens is 181 g/mol. The third kappa shape index (κ3) is 1.94. The Morgan fingerprint density at radius 2 is 2.25 bits per heavy atom. The van der Waals surface area contributed by atoms with Crippen molar-refractivity contribution in [2.24, 2.45) is 5.90 Å². The second-order valence-corrected chi connectivity index (χ2v) is 2.93. The molecule has 1 aromatic carbocycles. The van der Waals surface area contributed by atoms with Gasteiger partial charge in [-0.25, -0.2) is 10.3 Å². The van der Waals surface area contributed by atoms with Gasteiger partial charge in [-0.05, 0) is 24.1 Å². The number of hydrogen-bond donors (Lipinski definition) is 1. The molecule has 2 nitrogen and oxygen atoms in total. The molecule has 0 aliphatic rings. The van der Waals surface area contributed by atoms with Crippen LogP contribution in [0.25, 0.3) is 0 Å². The van der Waals surface area contributed by atoms with Gasteiger partial charge in [0.15, 0.2) is 0 Å². The van der Waals surface area contributed by atoms with Crippen molar-refractivity contribution in [3.63, 3.8) is 0 Å². The van der Waals surface area contributed by atoms with E-state index in [9.17, 15) is 4.39 Å². The van der Waals surface area contributed by atoms with Crippen molar-refractivity contribution < 1.29 is 9.23 Å². The van der Waals surface area contributed by atoms with Gasteiger partial charge in [0.25, 0.3) is 0 Å². The zero-order chi connectivity index (χ0) is 9.14. The summed E-state index contributed by atoms with van der Waals surface area (Å²) in [6.07, 6.45) is 0. The van der Waals surface area contributed by atoms with Crippen molar-refractivity contribution in [3.05, 3.63) is 34.1 Å². The van der Waals surface area contributed by atoms with E-state index >= 15 is 0 Å². The van der Waals surface area contributed by atoms with Crippen molar-refractivity contribution in [1.82, 2.24) is 0 Å². The van der Waals surface area contributed by atoms with Crippen molar-refractivity contribution in [2.45, 2.75) is 13.5 Å². The molecule has 0 heterocycles. The Hall–Kier alpha value is -0.640. The predicted octanol–water partition coefficient (Wildman–Crippen LogP) is 2.18. The molecule has 4 heteroatoms. The van der Waals surface area contributed by atoms with Crippen molar-refractivity contribution in [3.8, 4) is 0 Å². The highest BCUT2D eigenvalue weighted by atomic mass is 35.5. The maximum Gasteiger partial charge on any atom is 0.144 e. The van der Waals surface area contributed by atoms with Crippen LogP contribution in [0.3, 0.4) is 0 Å². The lowest BCUT2D eigenvalue weighted by molar-refractivity contribution is 0.124. The molecule has 0 saturated carbocycles. The van der Waals surface area contributed by atoms with E-state index in [1.165, 1.54) is 6.07 Å². The highest BCUT2D eigenvalue weighted by molar-refractivity contribution is 6.30. The normalized spacial score (nSPS) is 10.3. The minimum Gasteiger partial charge on any atom is -0.300 e. The number of rotatable bonds is 2. The van der Waals surface area contributed by atoms with Gasteiger partial charge in [-0.1, -0.05) is 17.7 Å². The summed E-state index contributed by atoms with van der Waals surface area (Å²) in [5.74, 6) is 4.47. The van der Waals surface area contributed by atoms with E-state index in [0.717, 1.165) is 5.56 Å². The van der Waals surface area contributed by atoms with Gasteiger partial charge in [0.05, 0.1) is 11.6 Å². The van der Waals surface area contributed by atoms with E-state index in [2.05, 4.69) is 4.84 Å². The molecule has 0 bridgehead atoms. The summed E-state index contributed by atoms with van der Waals surface area (Å²) in [5.41, 5.74) is 1.26. The van der Waals surface area contributed by atoms with Crippen LogP contribution in [-0.4, -0.2) is 0 Å². The molecule has 0 unspecified atom stereocenters. The Morgan fingerprint density at radius 1 is 1.58 bits per heavy atom. The van der Waals surface area contributed by atoms with Crippen molar-refractivity contribution in [2.75, 3.05) is 0 Å². The maximum atomic E-state index is 12.9. The molecule has 0 aliphatic carbocycles. The molecular formula is C8H9ClFNO. The molecule has 0 aliphatic heterocycles. The first-order valence-corrected chi connectivity index (χ1v) is 3.79. The molecule has 0 spiro atoms. The minimum absolute atomic E-state index is 0.0991. The SMILES string of the molecule is Cc1cc(CON)cc(Cl)c1F. The molecule has 0 atom stereocenters. The molecule has 0 fully saturated rings. The Labute approximate surface area is 75.0 Å². The second-order valence-electron chi connectivity index (χ2n) is 2.52. The van der Waals surface area contributed by atoms with E-state index in [4.69, 9.17) is 17.5 Å². The molecule has 0 amide bonds. The van der Waals surface area contributed by atoms with Crippen LogP contribution in [0.15, 0.2) is 12.1 Å². The summed E-state index contributed by atoms with van der Waals surface area (Å²) < 4.78 is 12.9. The minimum atomic E-state index is -0.391. The summed E-state index contributed by atoms with van der Waals surface area (Å²) in [7, 11) is 0. The van der Waals surface area contributed by atoms with Crippen molar-refractivity contribution >= 4 is 11.6 Å². The highest BCUT2D eigenvalue weighted by Gasteiger charge is 2.05. The molecule has 1 rings (SSSR count). The van der Waals surface area contributed by atoms with Crippen LogP contribution in [0.4, 0.5) is 4.39 Å². The maximum absolute atomic E-state index is 12.9. The topological polar surface area (TPSA) is 35.2 Å². The largest absolute Gasteiger partial charge is 0.300 e. The summed E-state index contributed by atoms with van der Waals surface area (Å²) in [5, 5.41) is 0.0991. The van der Waals surface area contributed by atoms with Crippen LogP contribution < -0.4 is 5.90 Å². The van der Waals surface area contributed by atoms with Gasteiger partial charge < -0.3 is 0 Å². The number of hydrogen-bond acceptors (Lipinski definition) is 2. The lowest BCUT2D eigenvalue weighted by Gasteiger charge is -2.03. The smallest absolute Gasteiger partial charge is 0.144 e. The first kappa shape index (κ1) is 9.45. The molecule has 0 radical (unpaired) electrons. The fourth-order valence-corrected chi connectivity index (χ4v) is 1.27. The fraction of sp³-hybridized carbons (Fsp3) is 0.250. The van der Waals surface area contributed by atoms with Crippen LogP contribution in [0.1, 0.15) is 11.1 Å². The summed E-state index contributed by atoms with van der Waals surface area (Å²) in [4.78, 5) is 4.40. The third-order valence-corrected chi connectivity index (χ3v) is 1.79. The molecule has 2 N–H and O–H groups in total. The third-order valence-electron chi connectivity index (χ3n) is 1.52. The Morgan fingerprint density at radius 3 is 2.75 bits per heavy atom. The number of aryl methyl sites for hydroxylation is 1. The van der Waals surface area contributed by atoms with Crippen molar-refractivity contribution in [1.29, 1.82) is 0 Å². The van der Waals surface area contributed by atoms with Gasteiger partial charge in [0, 0.05) is 0 Å². The summed E-state index contributed by atoms with van der Waals surface area (Å²) in [6, 6.07) is 3.14. The number of halogens is 2. The van der Waals surface area contributed by atoms with E-state index in [1.54, 1.807) is 13.0 Å².